The molecular formula is C11H22N2O3. The average molecular weight is 230 g/mol. The first-order chi connectivity index (χ1) is 7.45. The predicted octanol–water partition coefficient (Wildman–Crippen LogP) is 1.73. The fraction of sp³-hybridized carbons (Fsp3) is 0.818. The van der Waals surface area contributed by atoms with Crippen LogP contribution in [0.5, 0.6) is 0 Å². The number of carbonyl (C=O) groups excluding carboxylic acids is 1. The van der Waals surface area contributed by atoms with E-state index in [-0.39, 0.29) is 24.5 Å². The largest absolute Gasteiger partial charge is 0.481 e. The molecule has 0 spiro atoms. The van der Waals surface area contributed by atoms with Gasteiger partial charge in [-0.05, 0) is 20.3 Å². The minimum atomic E-state index is -0.910. The van der Waals surface area contributed by atoms with Crippen LogP contribution in [0.4, 0.5) is 4.79 Å². The molecular weight excluding hydrogens is 208 g/mol. The Bertz CT molecular complexity index is 231. The zero-order valence-electron chi connectivity index (χ0n) is 10.2. The summed E-state index contributed by atoms with van der Waals surface area (Å²) in [6.07, 6.45) is 3.06. The Morgan fingerprint density at radius 1 is 1.19 bits per heavy atom. The lowest BCUT2D eigenvalue weighted by atomic mass is 10.1. The Labute approximate surface area is 96.6 Å². The molecule has 0 heterocycles. The molecule has 2 amide bonds. The molecule has 0 radical (unpaired) electrons. The number of hydrogen-bond acceptors (Lipinski definition) is 2. The maximum atomic E-state index is 11.4. The van der Waals surface area contributed by atoms with Gasteiger partial charge in [0.05, 0.1) is 6.42 Å². The number of hydrogen-bond donors (Lipinski definition) is 3. The van der Waals surface area contributed by atoms with Crippen molar-refractivity contribution in [3.8, 4) is 0 Å². The SMILES string of the molecule is CCCCC(C)NC(=O)NC(C)CC(=O)O. The van der Waals surface area contributed by atoms with Gasteiger partial charge in [-0.25, -0.2) is 4.79 Å². The molecule has 0 aliphatic rings. The smallest absolute Gasteiger partial charge is 0.315 e. The molecule has 0 aromatic heterocycles. The second-order valence-electron chi connectivity index (χ2n) is 4.16. The monoisotopic (exact) mass is 230 g/mol. The van der Waals surface area contributed by atoms with E-state index in [2.05, 4.69) is 17.6 Å². The summed E-state index contributed by atoms with van der Waals surface area (Å²) >= 11 is 0. The molecule has 0 fully saturated rings. The second-order valence-corrected chi connectivity index (χ2v) is 4.16. The van der Waals surface area contributed by atoms with E-state index in [1.54, 1.807) is 6.92 Å². The highest BCUT2D eigenvalue weighted by atomic mass is 16.4. The lowest BCUT2D eigenvalue weighted by molar-refractivity contribution is -0.137. The van der Waals surface area contributed by atoms with Crippen LogP contribution in [0.3, 0.4) is 0 Å². The fourth-order valence-corrected chi connectivity index (χ4v) is 1.38. The van der Waals surface area contributed by atoms with Gasteiger partial charge in [0.2, 0.25) is 0 Å². The van der Waals surface area contributed by atoms with Gasteiger partial charge >= 0.3 is 12.0 Å². The van der Waals surface area contributed by atoms with E-state index >= 15 is 0 Å². The normalized spacial score (nSPS) is 13.9. The molecule has 5 nitrogen and oxygen atoms in total. The number of carboxylic acid groups (broad SMARTS) is 1. The van der Waals surface area contributed by atoms with Gasteiger partial charge in [0, 0.05) is 12.1 Å². The van der Waals surface area contributed by atoms with Crippen molar-refractivity contribution in [1.82, 2.24) is 10.6 Å². The number of aliphatic carboxylic acids is 1. The molecule has 0 bridgehead atoms. The molecule has 2 atom stereocenters. The molecule has 0 rings (SSSR count). The van der Waals surface area contributed by atoms with Crippen molar-refractivity contribution in [1.29, 1.82) is 0 Å². The highest BCUT2D eigenvalue weighted by Crippen LogP contribution is 1.99. The standard InChI is InChI=1S/C11H22N2O3/c1-4-5-6-8(2)12-11(16)13-9(3)7-10(14)15/h8-9H,4-7H2,1-3H3,(H,14,15)(H2,12,13,16). The van der Waals surface area contributed by atoms with Crippen molar-refractivity contribution in [2.75, 3.05) is 0 Å². The van der Waals surface area contributed by atoms with Crippen LogP contribution in [0.15, 0.2) is 0 Å². The molecule has 3 N–H and O–H groups in total. The molecule has 0 saturated heterocycles. The van der Waals surface area contributed by atoms with Gasteiger partial charge in [-0.3, -0.25) is 4.79 Å². The molecule has 0 saturated carbocycles. The topological polar surface area (TPSA) is 78.4 Å². The molecule has 0 aliphatic carbocycles. The van der Waals surface area contributed by atoms with Crippen LogP contribution in [-0.2, 0) is 4.79 Å². The van der Waals surface area contributed by atoms with E-state index < -0.39 is 5.97 Å². The zero-order valence-corrected chi connectivity index (χ0v) is 10.2. The van der Waals surface area contributed by atoms with E-state index in [4.69, 9.17) is 5.11 Å². The highest BCUT2D eigenvalue weighted by molar-refractivity contribution is 5.75. The van der Waals surface area contributed by atoms with Crippen LogP contribution in [0, 0.1) is 0 Å². The van der Waals surface area contributed by atoms with Crippen molar-refractivity contribution in [2.24, 2.45) is 0 Å². The fourth-order valence-electron chi connectivity index (χ4n) is 1.38. The summed E-state index contributed by atoms with van der Waals surface area (Å²) in [6, 6.07) is -0.523. The molecule has 5 heteroatoms. The van der Waals surface area contributed by atoms with Crippen LogP contribution in [0.2, 0.25) is 0 Å². The molecule has 2 unspecified atom stereocenters. The van der Waals surface area contributed by atoms with Crippen molar-refractivity contribution in [3.63, 3.8) is 0 Å². The second kappa shape index (κ2) is 7.96. The van der Waals surface area contributed by atoms with Gasteiger partial charge in [-0.15, -0.1) is 0 Å². The van der Waals surface area contributed by atoms with Crippen molar-refractivity contribution < 1.29 is 14.7 Å². The zero-order chi connectivity index (χ0) is 12.6. The van der Waals surface area contributed by atoms with Crippen molar-refractivity contribution >= 4 is 12.0 Å². The first-order valence-electron chi connectivity index (χ1n) is 5.74. The third kappa shape index (κ3) is 8.08. The summed E-state index contributed by atoms with van der Waals surface area (Å²) in [4.78, 5) is 21.8. The minimum absolute atomic E-state index is 0.0588. The Morgan fingerprint density at radius 3 is 2.25 bits per heavy atom. The summed E-state index contributed by atoms with van der Waals surface area (Å²) < 4.78 is 0. The predicted molar refractivity (Wildman–Crippen MR) is 62.4 cm³/mol. The van der Waals surface area contributed by atoms with E-state index in [0.29, 0.717) is 0 Å². The maximum absolute atomic E-state index is 11.4. The Hall–Kier alpha value is -1.26. The van der Waals surface area contributed by atoms with Gasteiger partial charge in [0.25, 0.3) is 0 Å². The summed E-state index contributed by atoms with van der Waals surface area (Å²) in [5.74, 6) is -0.910. The Balaban J connectivity index is 3.76. The van der Waals surface area contributed by atoms with E-state index in [1.807, 2.05) is 6.92 Å². The molecule has 0 aliphatic heterocycles. The lowest BCUT2D eigenvalue weighted by Gasteiger charge is -2.16. The number of carbonyl (C=O) groups is 2. The summed E-state index contributed by atoms with van der Waals surface area (Å²) in [5, 5.41) is 13.9. The van der Waals surface area contributed by atoms with Gasteiger partial charge in [0.15, 0.2) is 0 Å². The first-order valence-corrected chi connectivity index (χ1v) is 5.74. The van der Waals surface area contributed by atoms with E-state index in [0.717, 1.165) is 19.3 Å². The summed E-state index contributed by atoms with van der Waals surface area (Å²) in [7, 11) is 0. The molecule has 94 valence electrons. The summed E-state index contributed by atoms with van der Waals surface area (Å²) in [6.45, 7) is 5.71. The third-order valence-electron chi connectivity index (χ3n) is 2.23. The third-order valence-corrected chi connectivity index (χ3v) is 2.23. The molecule has 0 aromatic rings. The lowest BCUT2D eigenvalue weighted by Crippen LogP contribution is -2.45. The van der Waals surface area contributed by atoms with Crippen molar-refractivity contribution in [3.05, 3.63) is 0 Å². The van der Waals surface area contributed by atoms with E-state index in [9.17, 15) is 9.59 Å². The van der Waals surface area contributed by atoms with Crippen LogP contribution >= 0.6 is 0 Å². The number of carboxylic acids is 1. The van der Waals surface area contributed by atoms with Gasteiger partial charge in [-0.1, -0.05) is 19.8 Å². The molecule has 16 heavy (non-hydrogen) atoms. The Kier molecular flexibility index (Phi) is 7.33. The number of nitrogens with one attached hydrogen (secondary N) is 2. The van der Waals surface area contributed by atoms with Gasteiger partial charge in [0.1, 0.15) is 0 Å². The first kappa shape index (κ1) is 14.7. The van der Waals surface area contributed by atoms with Crippen LogP contribution in [0.25, 0.3) is 0 Å². The Morgan fingerprint density at radius 2 is 1.75 bits per heavy atom. The van der Waals surface area contributed by atoms with Gasteiger partial charge in [-0.2, -0.15) is 0 Å². The number of amides is 2. The number of urea groups is 1. The highest BCUT2D eigenvalue weighted by Gasteiger charge is 2.12. The van der Waals surface area contributed by atoms with Gasteiger partial charge < -0.3 is 15.7 Å². The number of unbranched alkanes of at least 4 members (excludes halogenated alkanes) is 1. The van der Waals surface area contributed by atoms with Crippen LogP contribution < -0.4 is 10.6 Å². The van der Waals surface area contributed by atoms with E-state index in [1.165, 1.54) is 0 Å². The number of rotatable bonds is 7. The average Bonchev–Trinajstić information content (AvgIpc) is 2.12. The molecule has 0 aromatic carbocycles. The van der Waals surface area contributed by atoms with Crippen molar-refractivity contribution in [2.45, 2.75) is 58.5 Å². The quantitative estimate of drug-likeness (QED) is 0.623. The van der Waals surface area contributed by atoms with Crippen LogP contribution in [-0.4, -0.2) is 29.2 Å². The maximum Gasteiger partial charge on any atom is 0.315 e. The minimum Gasteiger partial charge on any atom is -0.481 e. The van der Waals surface area contributed by atoms with Crippen LogP contribution in [0.1, 0.15) is 46.5 Å². The summed E-state index contributed by atoms with van der Waals surface area (Å²) in [5.41, 5.74) is 0.